The zero-order valence-corrected chi connectivity index (χ0v) is 11.8. The molecule has 2 N–H and O–H groups in total. The molecule has 110 valence electrons. The molecule has 0 aliphatic carbocycles. The van der Waals surface area contributed by atoms with E-state index < -0.39 is 22.0 Å². The summed E-state index contributed by atoms with van der Waals surface area (Å²) in [6.07, 6.45) is 0.157. The second kappa shape index (κ2) is 6.00. The molecule has 1 fully saturated rings. The van der Waals surface area contributed by atoms with E-state index in [0.717, 1.165) is 0 Å². The minimum absolute atomic E-state index is 0.121. The van der Waals surface area contributed by atoms with Crippen LogP contribution in [-0.4, -0.2) is 85.0 Å². The van der Waals surface area contributed by atoms with E-state index >= 15 is 0 Å². The molecule has 1 unspecified atom stereocenters. The molecule has 1 aliphatic rings. The van der Waals surface area contributed by atoms with Crippen molar-refractivity contribution in [2.45, 2.75) is 6.10 Å². The summed E-state index contributed by atoms with van der Waals surface area (Å²) < 4.78 is 30.5. The molecule has 0 aromatic heterocycles. The van der Waals surface area contributed by atoms with Gasteiger partial charge in [-0.25, -0.2) is 0 Å². The number of aliphatic hydroxyl groups is 1. The average Bonchev–Trinajstić information content (AvgIpc) is 2.25. The van der Waals surface area contributed by atoms with Gasteiger partial charge in [0.15, 0.2) is 0 Å². The van der Waals surface area contributed by atoms with Gasteiger partial charge < -0.3 is 14.5 Å². The molecule has 0 radical (unpaired) electrons. The Balaban J connectivity index is 2.52. The third-order valence-corrected chi connectivity index (χ3v) is 4.17. The van der Waals surface area contributed by atoms with Crippen molar-refractivity contribution in [3.05, 3.63) is 12.7 Å². The molecule has 1 saturated heterocycles. The number of piperazine rings is 1. The number of aliphatic hydroxyl groups excluding tert-OH is 1. The highest BCUT2D eigenvalue weighted by Gasteiger charge is 2.33. The topological polar surface area (TPSA) is 94.9 Å². The Morgan fingerprint density at radius 3 is 2.42 bits per heavy atom. The Kier molecular flexibility index (Phi) is 5.08. The summed E-state index contributed by atoms with van der Waals surface area (Å²) in [5.74, 6) is -0.777. The minimum Gasteiger partial charge on any atom is -0.386 e. The number of hydrogen-bond donors (Lipinski definition) is 2. The number of carbonyl (C=O) groups is 1. The Bertz CT molecular complexity index is 440. The molecule has 1 heterocycles. The highest BCUT2D eigenvalue weighted by atomic mass is 32.2. The maximum atomic E-state index is 11.4. The smallest absolute Gasteiger partial charge is 0.267 e. The summed E-state index contributed by atoms with van der Waals surface area (Å²) in [5.41, 5.74) is 0. The van der Waals surface area contributed by atoms with Gasteiger partial charge in [-0.1, -0.05) is 6.58 Å². The number of likely N-dealkylation sites (N-methyl/N-ethyl adjacent to an activating group) is 1. The third-order valence-electron chi connectivity index (χ3n) is 3.36. The predicted octanol–water partition coefficient (Wildman–Crippen LogP) is -1.29. The molecule has 0 bridgehead atoms. The summed E-state index contributed by atoms with van der Waals surface area (Å²) in [4.78, 5) is 13.1. The monoisotopic (exact) mass is 293 g/mol. The van der Waals surface area contributed by atoms with Gasteiger partial charge >= 0.3 is 0 Å². The van der Waals surface area contributed by atoms with Crippen molar-refractivity contribution in [1.82, 2.24) is 4.90 Å². The highest BCUT2D eigenvalue weighted by molar-refractivity contribution is 7.85. The third kappa shape index (κ3) is 5.27. The van der Waals surface area contributed by atoms with Crippen LogP contribution < -0.4 is 0 Å². The second-order valence-electron chi connectivity index (χ2n) is 5.18. The molecule has 0 aromatic rings. The van der Waals surface area contributed by atoms with Crippen molar-refractivity contribution in [2.75, 3.05) is 45.5 Å². The van der Waals surface area contributed by atoms with E-state index in [-0.39, 0.29) is 12.5 Å². The lowest BCUT2D eigenvalue weighted by Crippen LogP contribution is -2.60. The fourth-order valence-corrected chi connectivity index (χ4v) is 2.88. The molecule has 1 rings (SSSR count). The zero-order chi connectivity index (χ0) is 14.7. The number of hydrogen-bond acceptors (Lipinski definition) is 4. The van der Waals surface area contributed by atoms with Crippen molar-refractivity contribution in [2.24, 2.45) is 0 Å². The van der Waals surface area contributed by atoms with Crippen molar-refractivity contribution in [1.29, 1.82) is 0 Å². The fourth-order valence-electron chi connectivity index (χ4n) is 2.28. The molecule has 7 nitrogen and oxygen atoms in total. The lowest BCUT2D eigenvalue weighted by Gasteiger charge is -2.42. The van der Waals surface area contributed by atoms with E-state index in [1.54, 1.807) is 4.90 Å². The SMILES string of the molecule is C=CC(=O)N1CC[N+](C)(CC(O)CS(=O)(=O)O)CC1. The van der Waals surface area contributed by atoms with Gasteiger partial charge in [-0.05, 0) is 6.08 Å². The molecule has 1 atom stereocenters. The van der Waals surface area contributed by atoms with Crippen molar-refractivity contribution < 1.29 is 27.4 Å². The van der Waals surface area contributed by atoms with Crippen molar-refractivity contribution in [3.63, 3.8) is 0 Å². The second-order valence-corrected chi connectivity index (χ2v) is 6.68. The van der Waals surface area contributed by atoms with Crippen LogP contribution in [0.3, 0.4) is 0 Å². The number of quaternary nitrogens is 1. The molecule has 0 aromatic carbocycles. The van der Waals surface area contributed by atoms with Gasteiger partial charge in [0, 0.05) is 0 Å². The Hall–Kier alpha value is -0.960. The Morgan fingerprint density at radius 1 is 1.47 bits per heavy atom. The molecule has 0 spiro atoms. The maximum absolute atomic E-state index is 11.4. The van der Waals surface area contributed by atoms with Crippen molar-refractivity contribution in [3.8, 4) is 0 Å². The summed E-state index contributed by atoms with van der Waals surface area (Å²) in [6, 6.07) is 0. The normalized spacial score (nSPS) is 20.9. The first-order valence-corrected chi connectivity index (χ1v) is 7.64. The molecular weight excluding hydrogens is 272 g/mol. The summed E-state index contributed by atoms with van der Waals surface area (Å²) >= 11 is 0. The van der Waals surface area contributed by atoms with E-state index in [0.29, 0.717) is 30.7 Å². The van der Waals surface area contributed by atoms with Crippen LogP contribution in [0.4, 0.5) is 0 Å². The molecular formula is C11H21N2O5S+. The van der Waals surface area contributed by atoms with Crippen LogP contribution in [0.2, 0.25) is 0 Å². The summed E-state index contributed by atoms with van der Waals surface area (Å²) in [6.45, 7) is 6.00. The Morgan fingerprint density at radius 2 is 2.00 bits per heavy atom. The Labute approximate surface area is 113 Å². The van der Waals surface area contributed by atoms with Crippen LogP contribution in [0.25, 0.3) is 0 Å². The molecule has 19 heavy (non-hydrogen) atoms. The van der Waals surface area contributed by atoms with Crippen molar-refractivity contribution >= 4 is 16.0 Å². The van der Waals surface area contributed by atoms with Gasteiger partial charge in [-0.2, -0.15) is 8.42 Å². The minimum atomic E-state index is -4.17. The van der Waals surface area contributed by atoms with E-state index in [1.165, 1.54) is 6.08 Å². The summed E-state index contributed by atoms with van der Waals surface area (Å²) in [7, 11) is -2.28. The van der Waals surface area contributed by atoms with Crippen LogP contribution in [0.15, 0.2) is 12.7 Å². The molecule has 0 saturated carbocycles. The highest BCUT2D eigenvalue weighted by Crippen LogP contribution is 2.12. The quantitative estimate of drug-likeness (QED) is 0.374. The van der Waals surface area contributed by atoms with Gasteiger partial charge in [-0.15, -0.1) is 0 Å². The van der Waals surface area contributed by atoms with Gasteiger partial charge in [-0.3, -0.25) is 9.35 Å². The van der Waals surface area contributed by atoms with Crippen LogP contribution in [0.5, 0.6) is 0 Å². The first-order valence-electron chi connectivity index (χ1n) is 6.03. The first kappa shape index (κ1) is 16.1. The number of carbonyl (C=O) groups excluding carboxylic acids is 1. The van der Waals surface area contributed by atoms with Crippen LogP contribution >= 0.6 is 0 Å². The molecule has 8 heteroatoms. The zero-order valence-electron chi connectivity index (χ0n) is 11.0. The van der Waals surface area contributed by atoms with Gasteiger partial charge in [0.2, 0.25) is 5.91 Å². The van der Waals surface area contributed by atoms with Gasteiger partial charge in [0.1, 0.15) is 18.4 Å². The standard InChI is InChI=1S/C11H20N2O5S/c1-3-11(15)12-4-6-13(2,7-5-12)8-10(14)9-19(16,17)18/h3,10,14H,1,4-9H2,2H3/p+1. The summed E-state index contributed by atoms with van der Waals surface area (Å²) in [5, 5.41) is 9.67. The lowest BCUT2D eigenvalue weighted by atomic mass is 10.2. The van der Waals surface area contributed by atoms with E-state index in [9.17, 15) is 18.3 Å². The lowest BCUT2D eigenvalue weighted by molar-refractivity contribution is -0.915. The number of nitrogens with zero attached hydrogens (tertiary/aromatic N) is 2. The van der Waals surface area contributed by atoms with E-state index in [1.807, 2.05) is 7.05 Å². The maximum Gasteiger partial charge on any atom is 0.267 e. The number of amides is 1. The largest absolute Gasteiger partial charge is 0.386 e. The first-order chi connectivity index (χ1) is 8.65. The fraction of sp³-hybridized carbons (Fsp3) is 0.727. The van der Waals surface area contributed by atoms with Crippen LogP contribution in [-0.2, 0) is 14.9 Å². The number of rotatable bonds is 5. The van der Waals surface area contributed by atoms with Gasteiger partial charge in [0.05, 0.1) is 33.2 Å². The van der Waals surface area contributed by atoms with Gasteiger partial charge in [0.25, 0.3) is 10.1 Å². The molecule has 1 amide bonds. The molecule has 1 aliphatic heterocycles. The van der Waals surface area contributed by atoms with Crippen LogP contribution in [0.1, 0.15) is 0 Å². The van der Waals surface area contributed by atoms with E-state index in [2.05, 4.69) is 6.58 Å². The average molecular weight is 293 g/mol. The van der Waals surface area contributed by atoms with E-state index in [4.69, 9.17) is 4.55 Å². The van der Waals surface area contributed by atoms with Crippen LogP contribution in [0, 0.1) is 0 Å². The predicted molar refractivity (Wildman–Crippen MR) is 70.0 cm³/mol.